The van der Waals surface area contributed by atoms with Crippen LogP contribution in [0.4, 0.5) is 26.3 Å². The van der Waals surface area contributed by atoms with Gasteiger partial charge in [-0.1, -0.05) is 31.8 Å². The Morgan fingerprint density at radius 3 is 1.77 bits per heavy atom. The molecule has 0 radical (unpaired) electrons. The summed E-state index contributed by atoms with van der Waals surface area (Å²) in [6, 6.07) is 14.6. The maximum absolute atomic E-state index is 12.0. The summed E-state index contributed by atoms with van der Waals surface area (Å²) in [5.74, 6) is 1.15. The van der Waals surface area contributed by atoms with E-state index in [1.165, 1.54) is 30.0 Å². The maximum Gasteiger partial charge on any atom is 0.522 e. The fraction of sp³-hybridized carbons (Fsp3) is 0.500. The second-order valence-corrected chi connectivity index (χ2v) is 17.8. The fourth-order valence-corrected chi connectivity index (χ4v) is 5.73. The highest BCUT2D eigenvalue weighted by Crippen LogP contribution is 2.34. The van der Waals surface area contributed by atoms with Crippen molar-refractivity contribution in [3.8, 4) is 23.6 Å². The minimum atomic E-state index is -4.61. The smallest absolute Gasteiger partial charge is 0.507 e. The molecule has 0 aliphatic heterocycles. The van der Waals surface area contributed by atoms with Crippen molar-refractivity contribution in [1.29, 1.82) is 10.5 Å². The van der Waals surface area contributed by atoms with Gasteiger partial charge in [0.05, 0.1) is 34.1 Å². The van der Waals surface area contributed by atoms with E-state index in [1.807, 2.05) is 6.07 Å². The first-order valence-electron chi connectivity index (χ1n) is 13.2. The van der Waals surface area contributed by atoms with Crippen molar-refractivity contribution in [3.05, 3.63) is 47.5 Å². The standard InChI is InChI=1S/C17H24F3NO3SSi.C11H10F3NO2S/c1-26(2,3)11-9-22-13-23-15-7-4-6-14(12-21)16(15)25-10-5-8-24-17(18,19)20;12-11(13,14)17-5-2-6-18-10-8(7-15)3-1-4-9(10)16/h4,6-7H,5,8-11,13H2,1-3H3;1,3-4,16H,2,5-6H2. The van der Waals surface area contributed by atoms with Crippen LogP contribution >= 0.6 is 23.5 Å². The van der Waals surface area contributed by atoms with Crippen LogP contribution in [0.1, 0.15) is 24.0 Å². The number of ether oxygens (including phenoxy) is 4. The molecular formula is C28H34F6N2O5S2Si. The minimum Gasteiger partial charge on any atom is -0.507 e. The SMILES string of the molecule is C[Si](C)(C)CCOCOc1cccc(C#N)c1SCCCOC(F)(F)F.N#Cc1cccc(O)c1SCCCOC(F)(F)F. The first kappa shape index (κ1) is 39.4. The van der Waals surface area contributed by atoms with Gasteiger partial charge in [0, 0.05) is 26.2 Å². The highest BCUT2D eigenvalue weighted by molar-refractivity contribution is 7.99. The highest BCUT2D eigenvalue weighted by atomic mass is 32.2. The summed E-state index contributed by atoms with van der Waals surface area (Å²) in [4.78, 5) is 0.989. The van der Waals surface area contributed by atoms with E-state index in [2.05, 4.69) is 35.2 Å². The van der Waals surface area contributed by atoms with Gasteiger partial charge in [0.1, 0.15) is 23.6 Å². The van der Waals surface area contributed by atoms with Crippen molar-refractivity contribution in [3.63, 3.8) is 0 Å². The molecule has 0 heterocycles. The summed E-state index contributed by atoms with van der Waals surface area (Å²) in [6.07, 6.45) is -8.85. The summed E-state index contributed by atoms with van der Waals surface area (Å²) in [5.41, 5.74) is 0.725. The highest BCUT2D eigenvalue weighted by Gasteiger charge is 2.29. The molecule has 2 rings (SSSR count). The quantitative estimate of drug-likeness (QED) is 0.0612. The van der Waals surface area contributed by atoms with Crippen LogP contribution in [-0.2, 0) is 14.2 Å². The molecule has 0 spiro atoms. The number of hydrogen-bond acceptors (Lipinski definition) is 9. The van der Waals surface area contributed by atoms with E-state index in [-0.39, 0.29) is 25.4 Å². The molecular weight excluding hydrogens is 651 g/mol. The van der Waals surface area contributed by atoms with Crippen molar-refractivity contribution in [2.75, 3.05) is 38.1 Å². The average Bonchev–Trinajstić information content (AvgIpc) is 2.92. The lowest BCUT2D eigenvalue weighted by Crippen LogP contribution is -2.22. The number of aromatic hydroxyl groups is 1. The number of nitriles is 2. The van der Waals surface area contributed by atoms with E-state index in [1.54, 1.807) is 18.2 Å². The van der Waals surface area contributed by atoms with E-state index in [0.29, 0.717) is 44.8 Å². The van der Waals surface area contributed by atoms with E-state index >= 15 is 0 Å². The first-order valence-corrected chi connectivity index (χ1v) is 18.9. The van der Waals surface area contributed by atoms with E-state index in [9.17, 15) is 36.7 Å². The normalized spacial score (nSPS) is 11.7. The Bertz CT molecular complexity index is 1230. The summed E-state index contributed by atoms with van der Waals surface area (Å²) in [5, 5.41) is 27.6. The third kappa shape index (κ3) is 18.3. The van der Waals surface area contributed by atoms with Gasteiger partial charge in [0.25, 0.3) is 0 Å². The van der Waals surface area contributed by atoms with Gasteiger partial charge in [-0.05, 0) is 43.2 Å². The molecule has 0 aliphatic rings. The van der Waals surface area contributed by atoms with Crippen LogP contribution in [0, 0.1) is 22.7 Å². The number of hydrogen-bond donors (Lipinski definition) is 1. The van der Waals surface area contributed by atoms with Crippen LogP contribution in [0.5, 0.6) is 11.5 Å². The molecule has 0 saturated heterocycles. The van der Waals surface area contributed by atoms with Gasteiger partial charge in [-0.3, -0.25) is 9.47 Å². The van der Waals surface area contributed by atoms with Gasteiger partial charge in [-0.15, -0.1) is 49.9 Å². The molecule has 0 aliphatic carbocycles. The van der Waals surface area contributed by atoms with E-state index in [4.69, 9.17) is 14.7 Å². The minimum absolute atomic E-state index is 0.0456. The lowest BCUT2D eigenvalue weighted by molar-refractivity contribution is -0.325. The first-order chi connectivity index (χ1) is 20.6. The van der Waals surface area contributed by atoms with Crippen LogP contribution < -0.4 is 4.74 Å². The molecule has 16 heteroatoms. The van der Waals surface area contributed by atoms with Crippen LogP contribution in [0.2, 0.25) is 25.7 Å². The zero-order chi connectivity index (χ0) is 33.2. The van der Waals surface area contributed by atoms with Crippen LogP contribution in [-0.4, -0.2) is 64.0 Å². The van der Waals surface area contributed by atoms with Gasteiger partial charge in [-0.25, -0.2) is 0 Å². The molecule has 2 aromatic carbocycles. The molecule has 7 nitrogen and oxygen atoms in total. The number of rotatable bonds is 16. The third-order valence-electron chi connectivity index (χ3n) is 5.11. The predicted molar refractivity (Wildman–Crippen MR) is 158 cm³/mol. The van der Waals surface area contributed by atoms with Crippen LogP contribution in [0.3, 0.4) is 0 Å². The molecule has 0 unspecified atom stereocenters. The number of phenolic OH excluding ortho intramolecular Hbond substituents is 1. The van der Waals surface area contributed by atoms with Gasteiger partial charge < -0.3 is 14.6 Å². The van der Waals surface area contributed by atoms with Gasteiger partial charge >= 0.3 is 12.7 Å². The number of halogens is 6. The Morgan fingerprint density at radius 2 is 1.27 bits per heavy atom. The van der Waals surface area contributed by atoms with Crippen LogP contribution in [0.25, 0.3) is 0 Å². The zero-order valence-electron chi connectivity index (χ0n) is 24.4. The molecule has 44 heavy (non-hydrogen) atoms. The Labute approximate surface area is 262 Å². The van der Waals surface area contributed by atoms with Crippen molar-refractivity contribution in [2.24, 2.45) is 0 Å². The second-order valence-electron chi connectivity index (χ2n) is 9.98. The summed E-state index contributed by atoms with van der Waals surface area (Å²) < 4.78 is 89.4. The third-order valence-corrected chi connectivity index (χ3v) is 9.23. The van der Waals surface area contributed by atoms with Gasteiger partial charge in [0.15, 0.2) is 6.79 Å². The van der Waals surface area contributed by atoms with Crippen molar-refractivity contribution >= 4 is 31.6 Å². The van der Waals surface area contributed by atoms with E-state index in [0.717, 1.165) is 17.8 Å². The summed E-state index contributed by atoms with van der Waals surface area (Å²) >= 11 is 2.40. The lowest BCUT2D eigenvalue weighted by atomic mass is 10.2. The molecule has 0 atom stereocenters. The molecule has 0 fully saturated rings. The molecule has 244 valence electrons. The van der Waals surface area contributed by atoms with Crippen molar-refractivity contribution in [1.82, 2.24) is 0 Å². The molecule has 2 aromatic rings. The van der Waals surface area contributed by atoms with Gasteiger partial charge in [0.2, 0.25) is 0 Å². The lowest BCUT2D eigenvalue weighted by Gasteiger charge is -2.16. The molecule has 0 amide bonds. The molecule has 0 saturated carbocycles. The number of benzene rings is 2. The summed E-state index contributed by atoms with van der Waals surface area (Å²) in [6.45, 7) is 6.60. The molecule has 0 aromatic heterocycles. The van der Waals surface area contributed by atoms with Crippen molar-refractivity contribution < 1.29 is 50.4 Å². The Kier molecular flexibility index (Phi) is 17.7. The zero-order valence-corrected chi connectivity index (χ0v) is 27.0. The Balaban J connectivity index is 0.000000470. The predicted octanol–water partition coefficient (Wildman–Crippen LogP) is 8.55. The number of phenols is 1. The Hall–Kier alpha value is -2.60. The fourth-order valence-electron chi connectivity index (χ4n) is 3.02. The molecule has 0 bridgehead atoms. The maximum atomic E-state index is 12.0. The number of nitrogens with zero attached hydrogens (tertiary/aromatic N) is 2. The summed E-state index contributed by atoms with van der Waals surface area (Å²) in [7, 11) is -1.17. The topological polar surface area (TPSA) is 105 Å². The molecule has 1 N–H and O–H groups in total. The monoisotopic (exact) mass is 684 g/mol. The number of thioether (sulfide) groups is 2. The largest absolute Gasteiger partial charge is 0.522 e. The Morgan fingerprint density at radius 1 is 0.773 bits per heavy atom. The van der Waals surface area contributed by atoms with Crippen molar-refractivity contribution in [2.45, 2.75) is 61.0 Å². The van der Waals surface area contributed by atoms with E-state index < -0.39 is 34.0 Å². The number of alkyl halides is 6. The second kappa shape index (κ2) is 19.7. The van der Waals surface area contributed by atoms with Gasteiger partial charge in [-0.2, -0.15) is 10.5 Å². The average molecular weight is 685 g/mol. The van der Waals surface area contributed by atoms with Crippen LogP contribution in [0.15, 0.2) is 46.2 Å².